The summed E-state index contributed by atoms with van der Waals surface area (Å²) in [6.07, 6.45) is 0.317. The highest BCUT2D eigenvalue weighted by Gasteiger charge is 2.36. The van der Waals surface area contributed by atoms with Gasteiger partial charge in [-0.05, 0) is 41.5 Å². The van der Waals surface area contributed by atoms with Crippen LogP contribution in [0.4, 0.5) is 0 Å². The van der Waals surface area contributed by atoms with Gasteiger partial charge in [-0.25, -0.2) is 9.78 Å². The van der Waals surface area contributed by atoms with Crippen molar-refractivity contribution in [2.75, 3.05) is 13.7 Å². The molecule has 2 amide bonds. The second kappa shape index (κ2) is 6.25. The fourth-order valence-electron chi connectivity index (χ4n) is 1.73. The van der Waals surface area contributed by atoms with E-state index in [1.54, 1.807) is 20.8 Å². The first kappa shape index (κ1) is 17.8. The number of hydrogen-bond acceptors (Lipinski definition) is 5. The summed E-state index contributed by atoms with van der Waals surface area (Å²) in [5.41, 5.74) is 0.505. The molecule has 6 heteroatoms. The van der Waals surface area contributed by atoms with Gasteiger partial charge < -0.3 is 4.74 Å². The zero-order chi connectivity index (χ0) is 16.4. The van der Waals surface area contributed by atoms with Crippen LogP contribution in [0.15, 0.2) is 11.1 Å². The smallest absolute Gasteiger partial charge is 0.256 e. The normalized spacial score (nSPS) is 19.5. The molecule has 0 saturated heterocycles. The molecular formula is C15H25NO5. The summed E-state index contributed by atoms with van der Waals surface area (Å²) in [6.45, 7) is 10.8. The Kier molecular flexibility index (Phi) is 5.30. The van der Waals surface area contributed by atoms with Crippen molar-refractivity contribution in [2.24, 2.45) is 0 Å². The molecule has 0 bridgehead atoms. The lowest BCUT2D eigenvalue weighted by Gasteiger charge is -2.31. The van der Waals surface area contributed by atoms with Gasteiger partial charge in [0, 0.05) is 31.2 Å². The van der Waals surface area contributed by atoms with Crippen LogP contribution in [0.5, 0.6) is 0 Å². The van der Waals surface area contributed by atoms with Gasteiger partial charge in [0.2, 0.25) is 0 Å². The zero-order valence-electron chi connectivity index (χ0n) is 13.9. The molecule has 0 aromatic heterocycles. The Morgan fingerprint density at radius 1 is 0.952 bits per heavy atom. The third-order valence-corrected chi connectivity index (χ3v) is 3.38. The Morgan fingerprint density at radius 2 is 1.43 bits per heavy atom. The van der Waals surface area contributed by atoms with Crippen LogP contribution in [-0.4, -0.2) is 41.8 Å². The zero-order valence-corrected chi connectivity index (χ0v) is 13.9. The molecule has 1 aliphatic heterocycles. The van der Waals surface area contributed by atoms with Crippen LogP contribution >= 0.6 is 0 Å². The van der Waals surface area contributed by atoms with E-state index in [0.29, 0.717) is 17.6 Å². The van der Waals surface area contributed by atoms with Gasteiger partial charge >= 0.3 is 0 Å². The van der Waals surface area contributed by atoms with Crippen LogP contribution in [-0.2, 0) is 24.1 Å². The maximum atomic E-state index is 12.0. The minimum absolute atomic E-state index is 0.212. The number of rotatable bonds is 6. The lowest BCUT2D eigenvalue weighted by Crippen LogP contribution is -2.41. The number of hydrogen-bond donors (Lipinski definition) is 0. The molecule has 21 heavy (non-hydrogen) atoms. The quantitative estimate of drug-likeness (QED) is 0.325. The van der Waals surface area contributed by atoms with Gasteiger partial charge in [-0.3, -0.25) is 14.5 Å². The van der Waals surface area contributed by atoms with Crippen LogP contribution in [0.25, 0.3) is 0 Å². The molecule has 1 aliphatic rings. The minimum Gasteiger partial charge on any atom is -0.351 e. The fraction of sp³-hybridized carbons (Fsp3) is 0.733. The van der Waals surface area contributed by atoms with Crippen LogP contribution < -0.4 is 0 Å². The average Bonchev–Trinajstić information content (AvgIpc) is 2.58. The van der Waals surface area contributed by atoms with Gasteiger partial charge in [0.05, 0.1) is 5.60 Å². The first-order valence-corrected chi connectivity index (χ1v) is 6.96. The van der Waals surface area contributed by atoms with E-state index < -0.39 is 11.4 Å². The van der Waals surface area contributed by atoms with Crippen LogP contribution in [0, 0.1) is 0 Å². The minimum atomic E-state index is -1.03. The second-order valence-electron chi connectivity index (χ2n) is 6.38. The number of nitrogens with zero attached hydrogens (tertiary/aromatic N) is 1. The average molecular weight is 299 g/mol. The van der Waals surface area contributed by atoms with Gasteiger partial charge in [-0.2, -0.15) is 0 Å². The van der Waals surface area contributed by atoms with E-state index in [1.807, 2.05) is 20.8 Å². The number of amides is 2. The van der Waals surface area contributed by atoms with Crippen molar-refractivity contribution in [2.45, 2.75) is 59.4 Å². The SMILES string of the molecule is COC(C)(CCN1C(=O)C(C)=C(C)C1=O)OOC(C)(C)C. The largest absolute Gasteiger partial charge is 0.351 e. The highest BCUT2D eigenvalue weighted by atomic mass is 17.2. The fourth-order valence-corrected chi connectivity index (χ4v) is 1.73. The molecule has 0 saturated carbocycles. The number of methoxy groups -OCH3 is 1. The van der Waals surface area contributed by atoms with Gasteiger partial charge in [0.1, 0.15) is 0 Å². The van der Waals surface area contributed by atoms with Crippen molar-refractivity contribution in [1.29, 1.82) is 0 Å². The Bertz CT molecular complexity index is 439. The van der Waals surface area contributed by atoms with Crippen molar-refractivity contribution >= 4 is 11.8 Å². The summed E-state index contributed by atoms with van der Waals surface area (Å²) >= 11 is 0. The first-order chi connectivity index (χ1) is 9.51. The lowest BCUT2D eigenvalue weighted by molar-refractivity contribution is -0.452. The van der Waals surface area contributed by atoms with Crippen LogP contribution in [0.3, 0.4) is 0 Å². The highest BCUT2D eigenvalue weighted by molar-refractivity contribution is 6.18. The Hall–Kier alpha value is -1.24. The van der Waals surface area contributed by atoms with E-state index in [-0.39, 0.29) is 18.4 Å². The molecule has 1 unspecified atom stereocenters. The Labute approximate surface area is 126 Å². The summed E-state index contributed by atoms with van der Waals surface area (Å²) in [5, 5.41) is 0. The molecule has 1 rings (SSSR count). The summed E-state index contributed by atoms with van der Waals surface area (Å²) in [7, 11) is 1.49. The number of carbonyl (C=O) groups is 2. The molecule has 0 aromatic carbocycles. The molecule has 1 atom stereocenters. The molecule has 0 N–H and O–H groups in total. The van der Waals surface area contributed by atoms with Crippen molar-refractivity contribution < 1.29 is 24.1 Å². The second-order valence-corrected chi connectivity index (χ2v) is 6.38. The standard InChI is InChI=1S/C15H25NO5/c1-10-11(2)13(18)16(12(10)17)9-8-15(6,19-7)21-20-14(3,4)5/h8-9H2,1-7H3. The number of carbonyl (C=O) groups excluding carboxylic acids is 2. The highest BCUT2D eigenvalue weighted by Crippen LogP contribution is 2.25. The van der Waals surface area contributed by atoms with Crippen molar-refractivity contribution in [1.82, 2.24) is 4.90 Å². The van der Waals surface area contributed by atoms with Crippen LogP contribution in [0.2, 0.25) is 0 Å². The van der Waals surface area contributed by atoms with E-state index >= 15 is 0 Å². The maximum Gasteiger partial charge on any atom is 0.256 e. The topological polar surface area (TPSA) is 65.1 Å². The first-order valence-electron chi connectivity index (χ1n) is 6.96. The summed E-state index contributed by atoms with van der Waals surface area (Å²) in [4.78, 5) is 35.8. The summed E-state index contributed by atoms with van der Waals surface area (Å²) < 4.78 is 5.31. The molecule has 120 valence electrons. The monoisotopic (exact) mass is 299 g/mol. The molecule has 1 heterocycles. The van der Waals surface area contributed by atoms with Crippen molar-refractivity contribution in [3.8, 4) is 0 Å². The molecule has 0 aliphatic carbocycles. The van der Waals surface area contributed by atoms with E-state index in [0.717, 1.165) is 0 Å². The summed E-state index contributed by atoms with van der Waals surface area (Å²) in [6, 6.07) is 0. The van der Waals surface area contributed by atoms with E-state index in [1.165, 1.54) is 12.0 Å². The third-order valence-electron chi connectivity index (χ3n) is 3.38. The van der Waals surface area contributed by atoms with E-state index in [9.17, 15) is 9.59 Å². The molecule has 0 aromatic rings. The predicted molar refractivity (Wildman–Crippen MR) is 77.0 cm³/mol. The third kappa shape index (κ3) is 4.36. The van der Waals surface area contributed by atoms with Gasteiger partial charge in [-0.15, -0.1) is 0 Å². The van der Waals surface area contributed by atoms with Gasteiger partial charge in [0.15, 0.2) is 5.79 Å². The van der Waals surface area contributed by atoms with Crippen molar-refractivity contribution in [3.05, 3.63) is 11.1 Å². The molecule has 0 fully saturated rings. The Balaban J connectivity index is 2.64. The van der Waals surface area contributed by atoms with E-state index in [4.69, 9.17) is 14.5 Å². The Morgan fingerprint density at radius 3 is 1.81 bits per heavy atom. The number of imide groups is 1. The van der Waals surface area contributed by atoms with Gasteiger partial charge in [-0.1, -0.05) is 0 Å². The molecule has 6 nitrogen and oxygen atoms in total. The van der Waals surface area contributed by atoms with Crippen molar-refractivity contribution in [3.63, 3.8) is 0 Å². The number of ether oxygens (including phenoxy) is 1. The summed E-state index contributed by atoms with van der Waals surface area (Å²) in [5.74, 6) is -1.54. The van der Waals surface area contributed by atoms with Crippen LogP contribution in [0.1, 0.15) is 48.0 Å². The predicted octanol–water partition coefficient (Wildman–Crippen LogP) is 2.19. The van der Waals surface area contributed by atoms with E-state index in [2.05, 4.69) is 0 Å². The maximum absolute atomic E-state index is 12.0. The van der Waals surface area contributed by atoms with Gasteiger partial charge in [0.25, 0.3) is 11.8 Å². The molecular weight excluding hydrogens is 274 g/mol. The molecule has 0 radical (unpaired) electrons. The molecule has 0 spiro atoms. The lowest BCUT2D eigenvalue weighted by atomic mass is 10.2.